The summed E-state index contributed by atoms with van der Waals surface area (Å²) < 4.78 is 12.1. The van der Waals surface area contributed by atoms with Crippen molar-refractivity contribution in [2.45, 2.75) is 58.1 Å². The van der Waals surface area contributed by atoms with E-state index in [9.17, 15) is 9.59 Å². The molecule has 0 aliphatic carbocycles. The lowest BCUT2D eigenvalue weighted by molar-refractivity contribution is -0.962. The number of rotatable bonds is 6. The van der Waals surface area contributed by atoms with E-state index in [0.717, 1.165) is 54.4 Å². The van der Waals surface area contributed by atoms with Gasteiger partial charge in [0.2, 0.25) is 0 Å². The van der Waals surface area contributed by atoms with Gasteiger partial charge in [-0.2, -0.15) is 0 Å². The topological polar surface area (TPSA) is 76.7 Å². The number of ether oxygens (including phenoxy) is 2. The molecule has 2 N–H and O–H groups in total. The minimum Gasteiger partial charge on any atom is -0.495 e. The molecule has 7 heteroatoms. The molecule has 3 atom stereocenters. The molecule has 0 spiro atoms. The Kier molecular flexibility index (Phi) is 7.41. The first-order valence-corrected chi connectivity index (χ1v) is 12.2. The van der Waals surface area contributed by atoms with Gasteiger partial charge in [-0.3, -0.25) is 10.1 Å². The number of anilines is 1. The van der Waals surface area contributed by atoms with E-state index in [1.165, 1.54) is 6.42 Å². The maximum Gasteiger partial charge on any atom is 0.412 e. The number of amides is 2. The van der Waals surface area contributed by atoms with Crippen molar-refractivity contribution in [2.24, 2.45) is 0 Å². The maximum atomic E-state index is 12.7. The van der Waals surface area contributed by atoms with Crippen molar-refractivity contribution < 1.29 is 23.5 Å². The van der Waals surface area contributed by atoms with Gasteiger partial charge >= 0.3 is 6.09 Å². The number of hydrogen-bond acceptors (Lipinski definition) is 4. The number of nitrogens with zero attached hydrogens (tertiary/aromatic N) is 1. The van der Waals surface area contributed by atoms with Gasteiger partial charge in [-0.05, 0) is 62.9 Å². The minimum absolute atomic E-state index is 0.0262. The average molecular weight is 467 g/mol. The van der Waals surface area contributed by atoms with Crippen LogP contribution < -0.4 is 15.4 Å². The molecule has 2 aliphatic rings. The van der Waals surface area contributed by atoms with Gasteiger partial charge in [0.1, 0.15) is 11.9 Å². The Balaban J connectivity index is 1.35. The van der Waals surface area contributed by atoms with Crippen LogP contribution in [0.5, 0.6) is 5.75 Å². The second-order valence-corrected chi connectivity index (χ2v) is 9.73. The molecule has 0 radical (unpaired) electrons. The van der Waals surface area contributed by atoms with Crippen molar-refractivity contribution >= 4 is 17.7 Å². The molecule has 2 aliphatic heterocycles. The van der Waals surface area contributed by atoms with Crippen LogP contribution in [0.3, 0.4) is 0 Å². The molecule has 7 nitrogen and oxygen atoms in total. The van der Waals surface area contributed by atoms with E-state index in [1.54, 1.807) is 7.11 Å². The van der Waals surface area contributed by atoms with Crippen LogP contribution in [0, 0.1) is 13.8 Å². The number of nitrogens with one attached hydrogen (secondary N) is 2. The molecule has 182 valence electrons. The SMILES string of the molecule is COc1ccc(C)cc1NC(=O)OC1CC[N+]2(CNC(=O)c3ccc(C)cc3)CCCCC2C1. The summed E-state index contributed by atoms with van der Waals surface area (Å²) in [5.41, 5.74) is 3.48. The molecule has 2 aromatic rings. The van der Waals surface area contributed by atoms with Crippen LogP contribution in [0.15, 0.2) is 42.5 Å². The molecule has 0 saturated carbocycles. The number of fused-ring (bicyclic) bond motifs is 1. The largest absolute Gasteiger partial charge is 0.495 e. The van der Waals surface area contributed by atoms with Gasteiger partial charge in [0.15, 0.2) is 6.67 Å². The van der Waals surface area contributed by atoms with Gasteiger partial charge in [-0.1, -0.05) is 23.8 Å². The number of aryl methyl sites for hydroxylation is 2. The van der Waals surface area contributed by atoms with Gasteiger partial charge in [0.25, 0.3) is 5.91 Å². The quantitative estimate of drug-likeness (QED) is 0.601. The van der Waals surface area contributed by atoms with Crippen molar-refractivity contribution in [1.29, 1.82) is 0 Å². The number of carbonyl (C=O) groups excluding carboxylic acids is 2. The highest BCUT2D eigenvalue weighted by atomic mass is 16.6. The smallest absolute Gasteiger partial charge is 0.412 e. The summed E-state index contributed by atoms with van der Waals surface area (Å²) in [6.07, 6.45) is 4.46. The third-order valence-corrected chi connectivity index (χ3v) is 7.33. The normalized spacial score (nSPS) is 24.0. The number of methoxy groups -OCH3 is 1. The molecular weight excluding hydrogens is 430 g/mol. The predicted molar refractivity (Wildman–Crippen MR) is 132 cm³/mol. The molecule has 2 heterocycles. The third kappa shape index (κ3) is 5.53. The molecule has 4 rings (SSSR count). The summed E-state index contributed by atoms with van der Waals surface area (Å²) in [6.45, 7) is 6.55. The highest BCUT2D eigenvalue weighted by Gasteiger charge is 2.45. The summed E-state index contributed by atoms with van der Waals surface area (Å²) in [6, 6.07) is 13.7. The number of hydrogen-bond donors (Lipinski definition) is 2. The molecule has 2 fully saturated rings. The fraction of sp³-hybridized carbons (Fsp3) is 0.481. The lowest BCUT2D eigenvalue weighted by Crippen LogP contribution is -2.66. The Morgan fingerprint density at radius 3 is 2.53 bits per heavy atom. The third-order valence-electron chi connectivity index (χ3n) is 7.33. The maximum absolute atomic E-state index is 12.7. The van der Waals surface area contributed by atoms with Crippen molar-refractivity contribution in [2.75, 3.05) is 32.2 Å². The van der Waals surface area contributed by atoms with Crippen molar-refractivity contribution in [3.05, 3.63) is 59.2 Å². The van der Waals surface area contributed by atoms with Crippen molar-refractivity contribution in [3.8, 4) is 5.75 Å². The van der Waals surface area contributed by atoms with Crippen LogP contribution >= 0.6 is 0 Å². The highest BCUT2D eigenvalue weighted by molar-refractivity contribution is 5.94. The first kappa shape index (κ1) is 24.1. The summed E-state index contributed by atoms with van der Waals surface area (Å²) in [5.74, 6) is 0.583. The fourth-order valence-electron chi connectivity index (χ4n) is 5.36. The average Bonchev–Trinajstić information content (AvgIpc) is 2.83. The molecule has 2 aromatic carbocycles. The molecule has 0 bridgehead atoms. The zero-order chi connectivity index (χ0) is 24.1. The Morgan fingerprint density at radius 2 is 1.76 bits per heavy atom. The van der Waals surface area contributed by atoms with E-state index in [-0.39, 0.29) is 12.0 Å². The number of benzene rings is 2. The molecule has 34 heavy (non-hydrogen) atoms. The second-order valence-electron chi connectivity index (χ2n) is 9.73. The minimum atomic E-state index is -0.447. The van der Waals surface area contributed by atoms with Crippen LogP contribution in [-0.4, -0.2) is 55.5 Å². The monoisotopic (exact) mass is 466 g/mol. The zero-order valence-corrected chi connectivity index (χ0v) is 20.4. The zero-order valence-electron chi connectivity index (χ0n) is 20.4. The Morgan fingerprint density at radius 1 is 1.00 bits per heavy atom. The summed E-state index contributed by atoms with van der Waals surface area (Å²) in [5, 5.41) is 6.03. The van der Waals surface area contributed by atoms with Gasteiger partial charge < -0.3 is 19.3 Å². The van der Waals surface area contributed by atoms with Crippen LogP contribution in [0.25, 0.3) is 0 Å². The molecular formula is C27H36N3O4+. The van der Waals surface area contributed by atoms with Crippen LogP contribution in [0.2, 0.25) is 0 Å². The van der Waals surface area contributed by atoms with Gasteiger partial charge in [0, 0.05) is 18.4 Å². The van der Waals surface area contributed by atoms with Crippen LogP contribution in [0.1, 0.15) is 53.6 Å². The van der Waals surface area contributed by atoms with Gasteiger partial charge in [-0.15, -0.1) is 0 Å². The van der Waals surface area contributed by atoms with Crippen LogP contribution in [-0.2, 0) is 4.74 Å². The second kappa shape index (κ2) is 10.5. The van der Waals surface area contributed by atoms with E-state index >= 15 is 0 Å². The highest BCUT2D eigenvalue weighted by Crippen LogP contribution is 2.35. The van der Waals surface area contributed by atoms with Crippen molar-refractivity contribution in [3.63, 3.8) is 0 Å². The lowest BCUT2D eigenvalue weighted by Gasteiger charge is -2.51. The van der Waals surface area contributed by atoms with E-state index in [4.69, 9.17) is 9.47 Å². The molecule has 3 unspecified atom stereocenters. The summed E-state index contributed by atoms with van der Waals surface area (Å²) in [7, 11) is 1.58. The van der Waals surface area contributed by atoms with E-state index in [0.29, 0.717) is 29.7 Å². The van der Waals surface area contributed by atoms with Gasteiger partial charge in [0.05, 0.1) is 31.9 Å². The number of quaternary nitrogens is 1. The van der Waals surface area contributed by atoms with Gasteiger partial charge in [-0.25, -0.2) is 4.79 Å². The fourth-order valence-corrected chi connectivity index (χ4v) is 5.36. The summed E-state index contributed by atoms with van der Waals surface area (Å²) in [4.78, 5) is 25.4. The Bertz CT molecular complexity index is 1020. The summed E-state index contributed by atoms with van der Waals surface area (Å²) >= 11 is 0. The number of piperidine rings is 2. The Labute approximate surface area is 202 Å². The first-order chi connectivity index (χ1) is 16.4. The van der Waals surface area contributed by atoms with Crippen LogP contribution in [0.4, 0.5) is 10.5 Å². The predicted octanol–water partition coefficient (Wildman–Crippen LogP) is 4.78. The lowest BCUT2D eigenvalue weighted by atomic mass is 9.88. The van der Waals surface area contributed by atoms with E-state index in [1.807, 2.05) is 56.3 Å². The molecule has 0 aromatic heterocycles. The first-order valence-electron chi connectivity index (χ1n) is 12.2. The molecule has 2 amide bonds. The van der Waals surface area contributed by atoms with Crippen molar-refractivity contribution in [1.82, 2.24) is 5.32 Å². The van der Waals surface area contributed by atoms with E-state index < -0.39 is 6.09 Å². The standard InChI is InChI=1S/C27H35N3O4/c1-19-7-10-21(11-8-19)26(31)28-18-30-14-5-4-6-22(30)17-23(13-15-30)34-27(32)29-24-16-20(2)9-12-25(24)33-3/h7-12,16,22-23H,4-6,13-15,17-18H2,1-3H3,(H-,28,29,31,32)/p+1. The molecule has 2 saturated heterocycles. The number of carbonyl (C=O) groups is 2. The van der Waals surface area contributed by atoms with E-state index in [2.05, 4.69) is 10.6 Å². The Hall–Kier alpha value is -3.06.